The number of hydrogen-bond acceptors (Lipinski definition) is 5. The first-order valence-electron chi connectivity index (χ1n) is 10.3. The van der Waals surface area contributed by atoms with Gasteiger partial charge in [0.1, 0.15) is 5.66 Å². The van der Waals surface area contributed by atoms with Crippen LogP contribution in [-0.4, -0.2) is 30.3 Å². The number of carbonyl (C=O) groups excluding carboxylic acids is 2. The van der Waals surface area contributed by atoms with Gasteiger partial charge in [-0.05, 0) is 24.2 Å². The summed E-state index contributed by atoms with van der Waals surface area (Å²) in [6.45, 7) is 2.36. The number of anilines is 2. The van der Waals surface area contributed by atoms with Gasteiger partial charge in [0.15, 0.2) is 11.6 Å². The Labute approximate surface area is 174 Å². The number of hydrogen-bond donors (Lipinski definition) is 2. The molecule has 0 aromatic heterocycles. The second-order valence-electron chi connectivity index (χ2n) is 8.24. The van der Waals surface area contributed by atoms with Gasteiger partial charge >= 0.3 is 0 Å². The first kappa shape index (κ1) is 17.4. The number of benzene rings is 3. The molecular formula is C25H21N3O2. The Hall–Kier alpha value is -3.44. The molecule has 1 unspecified atom stereocenters. The standard InChI is InChI=1S/C25H21N3O2/c29-23-17-8-4-5-9-18(17)24(30)21-19(23)10-11-20-22(21)28(14-16-6-2-1-3-7-16)25(27-20)12-13-26-15-25/h1-11,26-27H,12-15H2. The lowest BCUT2D eigenvalue weighted by Crippen LogP contribution is -2.52. The average Bonchev–Trinajstić information content (AvgIpc) is 3.37. The molecular weight excluding hydrogens is 374 g/mol. The number of rotatable bonds is 2. The summed E-state index contributed by atoms with van der Waals surface area (Å²) in [5.74, 6) is -0.145. The molecule has 2 aliphatic heterocycles. The van der Waals surface area contributed by atoms with E-state index in [2.05, 4.69) is 27.7 Å². The molecule has 6 rings (SSSR count). The highest BCUT2D eigenvalue weighted by atomic mass is 16.1. The fourth-order valence-electron chi connectivity index (χ4n) is 5.09. The highest BCUT2D eigenvalue weighted by molar-refractivity contribution is 6.31. The molecule has 1 atom stereocenters. The number of fused-ring (bicyclic) bond motifs is 4. The highest BCUT2D eigenvalue weighted by Crippen LogP contribution is 2.48. The van der Waals surface area contributed by atoms with Crippen LogP contribution >= 0.6 is 0 Å². The van der Waals surface area contributed by atoms with Gasteiger partial charge in [-0.2, -0.15) is 0 Å². The van der Waals surface area contributed by atoms with Gasteiger partial charge in [-0.1, -0.05) is 54.6 Å². The third-order valence-electron chi connectivity index (χ3n) is 6.54. The Morgan fingerprint density at radius 2 is 1.57 bits per heavy atom. The summed E-state index contributed by atoms with van der Waals surface area (Å²) < 4.78 is 0. The highest BCUT2D eigenvalue weighted by Gasteiger charge is 2.48. The first-order valence-corrected chi connectivity index (χ1v) is 10.3. The molecule has 0 radical (unpaired) electrons. The zero-order chi connectivity index (χ0) is 20.3. The topological polar surface area (TPSA) is 61.4 Å². The van der Waals surface area contributed by atoms with Crippen molar-refractivity contribution >= 4 is 22.9 Å². The lowest BCUT2D eigenvalue weighted by molar-refractivity contribution is 0.0979. The van der Waals surface area contributed by atoms with Crippen LogP contribution in [0.15, 0.2) is 66.7 Å². The average molecular weight is 395 g/mol. The number of nitrogens with zero attached hydrogens (tertiary/aromatic N) is 1. The molecule has 1 spiro atoms. The lowest BCUT2D eigenvalue weighted by atomic mass is 9.82. The first-order chi connectivity index (χ1) is 14.7. The van der Waals surface area contributed by atoms with E-state index in [1.807, 2.05) is 36.4 Å². The van der Waals surface area contributed by atoms with E-state index >= 15 is 0 Å². The SMILES string of the molecule is O=C1c2ccccc2C(=O)c2c1ccc1c2N(Cc2ccccc2)C2(CCNC2)N1. The van der Waals surface area contributed by atoms with Crippen LogP contribution in [0.5, 0.6) is 0 Å². The molecule has 0 amide bonds. The molecule has 1 aliphatic carbocycles. The smallest absolute Gasteiger partial charge is 0.196 e. The van der Waals surface area contributed by atoms with E-state index < -0.39 is 0 Å². The van der Waals surface area contributed by atoms with E-state index in [0.717, 1.165) is 30.9 Å². The number of ketones is 2. The summed E-state index contributed by atoms with van der Waals surface area (Å²) in [6.07, 6.45) is 0.919. The van der Waals surface area contributed by atoms with Crippen LogP contribution in [0, 0.1) is 0 Å². The molecule has 5 heteroatoms. The number of nitrogens with one attached hydrogen (secondary N) is 2. The van der Waals surface area contributed by atoms with Crippen molar-refractivity contribution in [1.29, 1.82) is 0 Å². The molecule has 148 valence electrons. The molecule has 30 heavy (non-hydrogen) atoms. The zero-order valence-corrected chi connectivity index (χ0v) is 16.4. The maximum atomic E-state index is 13.6. The van der Waals surface area contributed by atoms with Crippen molar-refractivity contribution in [2.24, 2.45) is 0 Å². The van der Waals surface area contributed by atoms with E-state index in [1.165, 1.54) is 5.56 Å². The van der Waals surface area contributed by atoms with Crippen molar-refractivity contribution in [2.75, 3.05) is 23.3 Å². The summed E-state index contributed by atoms with van der Waals surface area (Å²) in [7, 11) is 0. The second-order valence-corrected chi connectivity index (χ2v) is 8.24. The molecule has 1 fully saturated rings. The van der Waals surface area contributed by atoms with Crippen LogP contribution in [-0.2, 0) is 6.54 Å². The van der Waals surface area contributed by atoms with Crippen LogP contribution in [0.25, 0.3) is 0 Å². The van der Waals surface area contributed by atoms with Crippen molar-refractivity contribution < 1.29 is 9.59 Å². The Balaban J connectivity index is 1.56. The Bertz CT molecular complexity index is 1200. The fraction of sp³-hybridized carbons (Fsp3) is 0.200. The molecule has 3 aliphatic rings. The van der Waals surface area contributed by atoms with Gasteiger partial charge in [0, 0.05) is 36.2 Å². The summed E-state index contributed by atoms with van der Waals surface area (Å²) in [5.41, 5.74) is 4.67. The van der Waals surface area contributed by atoms with Gasteiger partial charge < -0.3 is 15.5 Å². The van der Waals surface area contributed by atoms with E-state index in [9.17, 15) is 9.59 Å². The third kappa shape index (κ3) is 2.33. The second kappa shape index (κ2) is 6.28. The van der Waals surface area contributed by atoms with Crippen molar-refractivity contribution in [3.05, 3.63) is 94.5 Å². The van der Waals surface area contributed by atoms with Gasteiger partial charge in [0.05, 0.1) is 16.9 Å². The lowest BCUT2D eigenvalue weighted by Gasteiger charge is -2.37. The minimum Gasteiger partial charge on any atom is -0.360 e. The predicted octanol–water partition coefficient (Wildman–Crippen LogP) is 3.58. The molecule has 3 aromatic carbocycles. The Kier molecular flexibility index (Phi) is 3.65. The Morgan fingerprint density at radius 1 is 0.833 bits per heavy atom. The summed E-state index contributed by atoms with van der Waals surface area (Å²) >= 11 is 0. The summed E-state index contributed by atoms with van der Waals surface area (Å²) in [4.78, 5) is 29.1. The van der Waals surface area contributed by atoms with Crippen molar-refractivity contribution in [1.82, 2.24) is 5.32 Å². The maximum Gasteiger partial charge on any atom is 0.196 e. The van der Waals surface area contributed by atoms with Crippen molar-refractivity contribution in [3.63, 3.8) is 0 Å². The van der Waals surface area contributed by atoms with Crippen LogP contribution in [0.3, 0.4) is 0 Å². The minimum atomic E-state index is -0.298. The van der Waals surface area contributed by atoms with E-state index in [4.69, 9.17) is 0 Å². The van der Waals surface area contributed by atoms with E-state index in [-0.39, 0.29) is 17.2 Å². The monoisotopic (exact) mass is 395 g/mol. The predicted molar refractivity (Wildman–Crippen MR) is 116 cm³/mol. The van der Waals surface area contributed by atoms with E-state index in [1.54, 1.807) is 18.2 Å². The summed E-state index contributed by atoms with van der Waals surface area (Å²) in [5, 5.41) is 7.15. The van der Waals surface area contributed by atoms with Crippen molar-refractivity contribution in [3.8, 4) is 0 Å². The van der Waals surface area contributed by atoms with Gasteiger partial charge in [-0.25, -0.2) is 0 Å². The van der Waals surface area contributed by atoms with Gasteiger partial charge in [-0.3, -0.25) is 9.59 Å². The quantitative estimate of drug-likeness (QED) is 0.543. The molecule has 2 heterocycles. The van der Waals surface area contributed by atoms with Gasteiger partial charge in [0.2, 0.25) is 0 Å². The summed E-state index contributed by atoms with van der Waals surface area (Å²) in [6, 6.07) is 21.2. The molecule has 1 saturated heterocycles. The largest absolute Gasteiger partial charge is 0.360 e. The molecule has 5 nitrogen and oxygen atoms in total. The van der Waals surface area contributed by atoms with Crippen molar-refractivity contribution in [2.45, 2.75) is 18.6 Å². The molecule has 3 aromatic rings. The van der Waals surface area contributed by atoms with Crippen LogP contribution in [0.4, 0.5) is 11.4 Å². The minimum absolute atomic E-state index is 0.0695. The molecule has 0 saturated carbocycles. The fourth-order valence-corrected chi connectivity index (χ4v) is 5.09. The Morgan fingerprint density at radius 3 is 2.30 bits per heavy atom. The van der Waals surface area contributed by atoms with Gasteiger partial charge in [-0.15, -0.1) is 0 Å². The molecule has 2 N–H and O–H groups in total. The normalized spacial score (nSPS) is 21.4. The maximum absolute atomic E-state index is 13.6. The van der Waals surface area contributed by atoms with E-state index in [0.29, 0.717) is 28.8 Å². The molecule has 0 bridgehead atoms. The number of carbonyl (C=O) groups is 2. The van der Waals surface area contributed by atoms with Crippen LogP contribution in [0.2, 0.25) is 0 Å². The van der Waals surface area contributed by atoms with Crippen LogP contribution in [0.1, 0.15) is 43.8 Å². The zero-order valence-electron chi connectivity index (χ0n) is 16.4. The third-order valence-corrected chi connectivity index (χ3v) is 6.54. The van der Waals surface area contributed by atoms with Crippen LogP contribution < -0.4 is 15.5 Å². The van der Waals surface area contributed by atoms with Gasteiger partial charge in [0.25, 0.3) is 0 Å².